The van der Waals surface area contributed by atoms with Gasteiger partial charge in [0, 0.05) is 23.0 Å². The van der Waals surface area contributed by atoms with Gasteiger partial charge in [-0.2, -0.15) is 8.75 Å². The molecule has 1 N–H and O–H groups in total. The van der Waals surface area contributed by atoms with Gasteiger partial charge in [0.05, 0.1) is 11.7 Å². The predicted molar refractivity (Wildman–Crippen MR) is 113 cm³/mol. The normalized spacial score (nSPS) is 11.2. The van der Waals surface area contributed by atoms with E-state index in [0.717, 1.165) is 54.9 Å². The Morgan fingerprint density at radius 2 is 1.89 bits per heavy atom. The standard InChI is InChI=1S/C20H13N5OS2/c1-11-13(19-23-16-6-3-9-21-20(16)27-19)4-2-5-14(11)22-18(26)12-7-8-15-17(10-12)25-28-24-15/h2-10H,1H3,(H,22,26). The minimum absolute atomic E-state index is 0.180. The second kappa shape index (κ2) is 6.74. The average Bonchev–Trinajstić information content (AvgIpc) is 3.35. The van der Waals surface area contributed by atoms with E-state index in [0.29, 0.717) is 5.56 Å². The van der Waals surface area contributed by atoms with Gasteiger partial charge in [0.1, 0.15) is 26.4 Å². The first kappa shape index (κ1) is 16.9. The van der Waals surface area contributed by atoms with E-state index in [-0.39, 0.29) is 5.91 Å². The minimum atomic E-state index is -0.180. The lowest BCUT2D eigenvalue weighted by molar-refractivity contribution is 0.102. The predicted octanol–water partition coefficient (Wildman–Crippen LogP) is 4.92. The van der Waals surface area contributed by atoms with Crippen LogP contribution in [0.2, 0.25) is 0 Å². The Morgan fingerprint density at radius 1 is 1.00 bits per heavy atom. The molecule has 28 heavy (non-hydrogen) atoms. The first-order chi connectivity index (χ1) is 13.7. The summed E-state index contributed by atoms with van der Waals surface area (Å²) in [5.41, 5.74) is 5.66. The van der Waals surface area contributed by atoms with Crippen LogP contribution in [-0.2, 0) is 0 Å². The summed E-state index contributed by atoms with van der Waals surface area (Å²) in [6.45, 7) is 1.98. The number of amides is 1. The van der Waals surface area contributed by atoms with Gasteiger partial charge in [-0.25, -0.2) is 9.97 Å². The molecule has 0 saturated heterocycles. The SMILES string of the molecule is Cc1c(NC(=O)c2ccc3nsnc3c2)cccc1-c1nc2cccnc2s1. The van der Waals surface area contributed by atoms with E-state index >= 15 is 0 Å². The van der Waals surface area contributed by atoms with Crippen molar-refractivity contribution in [2.75, 3.05) is 5.32 Å². The minimum Gasteiger partial charge on any atom is -0.322 e. The van der Waals surface area contributed by atoms with Crippen molar-refractivity contribution in [3.8, 4) is 10.6 Å². The molecule has 0 aliphatic carbocycles. The number of nitrogens with one attached hydrogen (secondary N) is 1. The van der Waals surface area contributed by atoms with Gasteiger partial charge in [-0.1, -0.05) is 23.5 Å². The summed E-state index contributed by atoms with van der Waals surface area (Å²) < 4.78 is 8.37. The fourth-order valence-corrected chi connectivity index (χ4v) is 4.51. The van der Waals surface area contributed by atoms with Crippen LogP contribution < -0.4 is 5.32 Å². The Labute approximate surface area is 168 Å². The zero-order valence-electron chi connectivity index (χ0n) is 14.7. The number of carbonyl (C=O) groups is 1. The Hall–Kier alpha value is -3.23. The van der Waals surface area contributed by atoms with Crippen molar-refractivity contribution < 1.29 is 4.79 Å². The van der Waals surface area contributed by atoms with Crippen LogP contribution in [0.5, 0.6) is 0 Å². The molecule has 0 atom stereocenters. The first-order valence-electron chi connectivity index (χ1n) is 8.54. The number of hydrogen-bond acceptors (Lipinski definition) is 7. The van der Waals surface area contributed by atoms with E-state index in [2.05, 4.69) is 24.0 Å². The summed E-state index contributed by atoms with van der Waals surface area (Å²) in [6, 6.07) is 15.0. The fraction of sp³-hybridized carbons (Fsp3) is 0.0500. The topological polar surface area (TPSA) is 80.7 Å². The number of hydrogen-bond donors (Lipinski definition) is 1. The van der Waals surface area contributed by atoms with Crippen molar-refractivity contribution in [2.45, 2.75) is 6.92 Å². The molecule has 6 nitrogen and oxygen atoms in total. The van der Waals surface area contributed by atoms with Gasteiger partial charge in [-0.15, -0.1) is 0 Å². The van der Waals surface area contributed by atoms with Crippen LogP contribution in [0.1, 0.15) is 15.9 Å². The van der Waals surface area contributed by atoms with E-state index in [1.54, 1.807) is 29.7 Å². The van der Waals surface area contributed by atoms with Crippen LogP contribution in [0, 0.1) is 6.92 Å². The van der Waals surface area contributed by atoms with Gasteiger partial charge < -0.3 is 5.32 Å². The van der Waals surface area contributed by atoms with Crippen molar-refractivity contribution in [3.63, 3.8) is 0 Å². The molecular formula is C20H13N5OS2. The third kappa shape index (κ3) is 2.92. The molecule has 2 aromatic carbocycles. The smallest absolute Gasteiger partial charge is 0.255 e. The molecule has 5 aromatic rings. The van der Waals surface area contributed by atoms with Gasteiger partial charge in [0.2, 0.25) is 0 Å². The molecule has 5 rings (SSSR count). The summed E-state index contributed by atoms with van der Waals surface area (Å²) >= 11 is 2.68. The molecule has 1 amide bonds. The highest BCUT2D eigenvalue weighted by atomic mass is 32.1. The van der Waals surface area contributed by atoms with Crippen LogP contribution in [0.4, 0.5) is 5.69 Å². The molecule has 0 bridgehead atoms. The summed E-state index contributed by atoms with van der Waals surface area (Å²) in [4.78, 5) is 22.7. The summed E-state index contributed by atoms with van der Waals surface area (Å²) in [5, 5.41) is 3.89. The Morgan fingerprint density at radius 3 is 2.79 bits per heavy atom. The highest BCUT2D eigenvalue weighted by molar-refractivity contribution is 7.21. The van der Waals surface area contributed by atoms with E-state index < -0.39 is 0 Å². The molecule has 8 heteroatoms. The number of pyridine rings is 1. The number of nitrogens with zero attached hydrogens (tertiary/aromatic N) is 4. The van der Waals surface area contributed by atoms with Crippen LogP contribution >= 0.6 is 23.1 Å². The molecule has 0 aliphatic rings. The van der Waals surface area contributed by atoms with Gasteiger partial charge in [-0.3, -0.25) is 4.79 Å². The zero-order valence-corrected chi connectivity index (χ0v) is 16.3. The number of aromatic nitrogens is 4. The Kier molecular flexibility index (Phi) is 4.07. The van der Waals surface area contributed by atoms with Gasteiger partial charge in [0.15, 0.2) is 0 Å². The van der Waals surface area contributed by atoms with E-state index in [9.17, 15) is 4.79 Å². The lowest BCUT2D eigenvalue weighted by Gasteiger charge is -2.11. The van der Waals surface area contributed by atoms with Crippen LogP contribution in [0.25, 0.3) is 32.0 Å². The van der Waals surface area contributed by atoms with Gasteiger partial charge >= 0.3 is 0 Å². The monoisotopic (exact) mass is 403 g/mol. The molecule has 0 radical (unpaired) electrons. The molecule has 0 saturated carbocycles. The number of fused-ring (bicyclic) bond motifs is 2. The molecule has 136 valence electrons. The largest absolute Gasteiger partial charge is 0.322 e. The van der Waals surface area contributed by atoms with E-state index in [4.69, 9.17) is 0 Å². The number of thiazole rings is 1. The fourth-order valence-electron chi connectivity index (χ4n) is 3.01. The van der Waals surface area contributed by atoms with Crippen LogP contribution in [0.15, 0.2) is 54.7 Å². The molecular weight excluding hydrogens is 390 g/mol. The molecule has 0 aliphatic heterocycles. The molecule has 3 aromatic heterocycles. The summed E-state index contributed by atoms with van der Waals surface area (Å²) in [5.74, 6) is -0.180. The Bertz CT molecular complexity index is 1310. The second-order valence-electron chi connectivity index (χ2n) is 6.25. The van der Waals surface area contributed by atoms with Crippen molar-refractivity contribution in [1.82, 2.24) is 18.7 Å². The lowest BCUT2D eigenvalue weighted by atomic mass is 10.1. The number of rotatable bonds is 3. The maximum atomic E-state index is 12.7. The van der Waals surface area contributed by atoms with E-state index in [1.807, 2.05) is 43.3 Å². The molecule has 0 fully saturated rings. The third-order valence-corrected chi connectivity index (χ3v) is 6.06. The van der Waals surface area contributed by atoms with E-state index in [1.165, 1.54) is 0 Å². The average molecular weight is 403 g/mol. The molecule has 0 spiro atoms. The number of benzene rings is 2. The second-order valence-corrected chi connectivity index (χ2v) is 7.75. The summed E-state index contributed by atoms with van der Waals surface area (Å²) in [7, 11) is 0. The Balaban J connectivity index is 1.48. The quantitative estimate of drug-likeness (QED) is 0.462. The number of carbonyl (C=O) groups excluding carboxylic acids is 1. The van der Waals surface area contributed by atoms with Gasteiger partial charge in [-0.05, 0) is 48.9 Å². The maximum absolute atomic E-state index is 12.7. The number of anilines is 1. The van der Waals surface area contributed by atoms with Crippen molar-refractivity contribution >= 4 is 56.0 Å². The molecule has 3 heterocycles. The lowest BCUT2D eigenvalue weighted by Crippen LogP contribution is -2.13. The van der Waals surface area contributed by atoms with Crippen molar-refractivity contribution in [1.29, 1.82) is 0 Å². The van der Waals surface area contributed by atoms with Crippen molar-refractivity contribution in [3.05, 3.63) is 65.9 Å². The zero-order chi connectivity index (χ0) is 19.1. The van der Waals surface area contributed by atoms with Gasteiger partial charge in [0.25, 0.3) is 5.91 Å². The van der Waals surface area contributed by atoms with Crippen LogP contribution in [0.3, 0.4) is 0 Å². The van der Waals surface area contributed by atoms with Crippen LogP contribution in [-0.4, -0.2) is 24.6 Å². The maximum Gasteiger partial charge on any atom is 0.255 e. The first-order valence-corrected chi connectivity index (χ1v) is 10.1. The van der Waals surface area contributed by atoms with Crippen molar-refractivity contribution in [2.24, 2.45) is 0 Å². The highest BCUT2D eigenvalue weighted by Gasteiger charge is 2.14. The molecule has 0 unspecified atom stereocenters. The third-order valence-electron chi connectivity index (χ3n) is 4.49. The summed E-state index contributed by atoms with van der Waals surface area (Å²) in [6.07, 6.45) is 1.77. The highest BCUT2D eigenvalue weighted by Crippen LogP contribution is 2.33.